The molecule has 0 fully saturated rings. The van der Waals surface area contributed by atoms with E-state index in [1.54, 1.807) is 0 Å². The molecule has 298 valence electrons. The maximum absolute atomic E-state index is 12.4. The number of hydrogen-bond donors (Lipinski definition) is 5. The van der Waals surface area contributed by atoms with Gasteiger partial charge in [0.05, 0.1) is 18.8 Å². The van der Waals surface area contributed by atoms with Gasteiger partial charge in [0.25, 0.3) is 0 Å². The van der Waals surface area contributed by atoms with E-state index in [0.717, 1.165) is 70.6 Å². The molecule has 1 amide bonds. The Morgan fingerprint density at radius 1 is 0.471 bits per heavy atom. The molecule has 4 atom stereocenters. The number of hydrogen-bond acceptors (Lipinski definition) is 5. The van der Waals surface area contributed by atoms with Gasteiger partial charge in [-0.15, -0.1) is 0 Å². The molecule has 0 spiro atoms. The van der Waals surface area contributed by atoms with Crippen LogP contribution in [0.4, 0.5) is 0 Å². The summed E-state index contributed by atoms with van der Waals surface area (Å²) in [7, 11) is 0. The maximum atomic E-state index is 12.4. The Bertz CT molecular complexity index is 854. The molecule has 0 aliphatic carbocycles. The Hall–Kier alpha value is -1.73. The number of aliphatic hydroxyl groups excluding tert-OH is 4. The fourth-order valence-electron chi connectivity index (χ4n) is 6.25. The lowest BCUT2D eigenvalue weighted by Crippen LogP contribution is -2.53. The van der Waals surface area contributed by atoms with Crippen molar-refractivity contribution in [3.05, 3.63) is 48.6 Å². The lowest BCUT2D eigenvalue weighted by atomic mass is 10.00. The monoisotopic (exact) mass is 718 g/mol. The summed E-state index contributed by atoms with van der Waals surface area (Å²) in [5, 5.41) is 43.5. The Morgan fingerprint density at radius 3 is 1.27 bits per heavy atom. The van der Waals surface area contributed by atoms with E-state index in [2.05, 4.69) is 67.8 Å². The number of allylic oxidation sites excluding steroid dienone is 8. The number of carbonyl (C=O) groups excluding carboxylic acids is 1. The number of nitrogens with one attached hydrogen (secondary N) is 1. The molecule has 0 aliphatic rings. The van der Waals surface area contributed by atoms with Gasteiger partial charge in [0.1, 0.15) is 12.2 Å². The highest BCUT2D eigenvalue weighted by Crippen LogP contribution is 2.14. The molecule has 0 saturated carbocycles. The van der Waals surface area contributed by atoms with Crippen molar-refractivity contribution in [3.8, 4) is 0 Å². The maximum Gasteiger partial charge on any atom is 0.249 e. The molecule has 0 aromatic heterocycles. The molecule has 6 heteroatoms. The normalized spacial score (nSPS) is 14.7. The minimum atomic E-state index is -1.30. The quantitative estimate of drug-likeness (QED) is 0.0323. The second kappa shape index (κ2) is 39.5. The molecule has 0 rings (SSSR count). The third-order valence-electron chi connectivity index (χ3n) is 9.72. The van der Waals surface area contributed by atoms with E-state index >= 15 is 0 Å². The Kier molecular flexibility index (Phi) is 38.1. The van der Waals surface area contributed by atoms with Crippen LogP contribution in [-0.2, 0) is 4.79 Å². The van der Waals surface area contributed by atoms with Gasteiger partial charge in [-0.25, -0.2) is 0 Å². The third-order valence-corrected chi connectivity index (χ3v) is 9.72. The number of aliphatic hydroxyl groups is 4. The second-order valence-corrected chi connectivity index (χ2v) is 14.7. The van der Waals surface area contributed by atoms with Crippen molar-refractivity contribution < 1.29 is 25.2 Å². The van der Waals surface area contributed by atoms with Crippen LogP contribution in [0.3, 0.4) is 0 Å². The highest BCUT2D eigenvalue weighted by molar-refractivity contribution is 5.80. The van der Waals surface area contributed by atoms with Crippen LogP contribution in [0.25, 0.3) is 0 Å². The number of unbranched alkanes of at least 4 members (excludes halogenated alkanes) is 21. The molecule has 0 aromatic carbocycles. The predicted molar refractivity (Wildman–Crippen MR) is 219 cm³/mol. The molecule has 0 aliphatic heterocycles. The summed E-state index contributed by atoms with van der Waals surface area (Å²) in [4.78, 5) is 12.4. The van der Waals surface area contributed by atoms with E-state index in [1.165, 1.54) is 96.3 Å². The summed E-state index contributed by atoms with van der Waals surface area (Å²) in [6.07, 6.45) is 47.2. The number of amides is 1. The molecule has 0 radical (unpaired) electrons. The van der Waals surface area contributed by atoms with Crippen molar-refractivity contribution in [1.29, 1.82) is 0 Å². The summed E-state index contributed by atoms with van der Waals surface area (Å²) in [6, 6.07) is -1.02. The lowest BCUT2D eigenvalue weighted by Gasteiger charge is -2.27. The number of rotatable bonds is 38. The molecule has 0 aromatic rings. The second-order valence-electron chi connectivity index (χ2n) is 14.7. The molecule has 5 N–H and O–H groups in total. The van der Waals surface area contributed by atoms with Crippen LogP contribution in [0.5, 0.6) is 0 Å². The van der Waals surface area contributed by atoms with E-state index in [4.69, 9.17) is 0 Å². The van der Waals surface area contributed by atoms with Crippen molar-refractivity contribution in [2.24, 2.45) is 0 Å². The van der Waals surface area contributed by atoms with Crippen LogP contribution < -0.4 is 5.32 Å². The van der Waals surface area contributed by atoms with E-state index in [9.17, 15) is 25.2 Å². The SMILES string of the molecule is CCCCC/C=C\CCCCCCC(O)C(=O)NC(CO)C(O)C(O)CCC/C=C/CC/C=C/CC/C=C/CCCCCCCCCCCCC. The van der Waals surface area contributed by atoms with Crippen molar-refractivity contribution in [1.82, 2.24) is 5.32 Å². The number of carbonyl (C=O) groups is 1. The van der Waals surface area contributed by atoms with Gasteiger partial charge in [0, 0.05) is 0 Å². The minimum Gasteiger partial charge on any atom is -0.394 e. The van der Waals surface area contributed by atoms with Gasteiger partial charge in [-0.2, -0.15) is 0 Å². The molecule has 6 nitrogen and oxygen atoms in total. The summed E-state index contributed by atoms with van der Waals surface area (Å²) in [6.45, 7) is 3.98. The van der Waals surface area contributed by atoms with Gasteiger partial charge in [0.15, 0.2) is 0 Å². The zero-order chi connectivity index (χ0) is 37.5. The van der Waals surface area contributed by atoms with Crippen LogP contribution in [0.1, 0.15) is 200 Å². The molecule has 0 bridgehead atoms. The van der Waals surface area contributed by atoms with Crippen LogP contribution in [0.2, 0.25) is 0 Å². The van der Waals surface area contributed by atoms with Gasteiger partial charge in [-0.1, -0.05) is 159 Å². The predicted octanol–water partition coefficient (Wildman–Crippen LogP) is 11.1. The van der Waals surface area contributed by atoms with E-state index in [1.807, 2.05) is 0 Å². The summed E-state index contributed by atoms with van der Waals surface area (Å²) in [5.74, 6) is -0.612. The topological polar surface area (TPSA) is 110 Å². The Morgan fingerprint density at radius 2 is 0.824 bits per heavy atom. The largest absolute Gasteiger partial charge is 0.394 e. The Labute approximate surface area is 315 Å². The average molecular weight is 718 g/mol. The van der Waals surface area contributed by atoms with Gasteiger partial charge >= 0.3 is 0 Å². The summed E-state index contributed by atoms with van der Waals surface area (Å²) in [5.41, 5.74) is 0. The van der Waals surface area contributed by atoms with Crippen LogP contribution in [-0.4, -0.2) is 57.3 Å². The fourth-order valence-corrected chi connectivity index (χ4v) is 6.25. The first kappa shape index (κ1) is 49.3. The highest BCUT2D eigenvalue weighted by Gasteiger charge is 2.28. The van der Waals surface area contributed by atoms with Crippen molar-refractivity contribution in [2.75, 3.05) is 6.61 Å². The van der Waals surface area contributed by atoms with E-state index < -0.39 is 36.9 Å². The Balaban J connectivity index is 3.82. The first-order valence-corrected chi connectivity index (χ1v) is 21.5. The van der Waals surface area contributed by atoms with Gasteiger partial charge in [-0.05, 0) is 89.9 Å². The lowest BCUT2D eigenvalue weighted by molar-refractivity contribution is -0.132. The smallest absolute Gasteiger partial charge is 0.249 e. The van der Waals surface area contributed by atoms with Crippen molar-refractivity contribution in [3.63, 3.8) is 0 Å². The minimum absolute atomic E-state index is 0.342. The van der Waals surface area contributed by atoms with E-state index in [-0.39, 0.29) is 0 Å². The molecule has 51 heavy (non-hydrogen) atoms. The van der Waals surface area contributed by atoms with Gasteiger partial charge in [0.2, 0.25) is 5.91 Å². The standard InChI is InChI=1S/C45H83NO5/c1-3-5-7-9-11-13-15-16-17-18-19-20-21-22-23-24-25-26-27-29-30-32-34-36-38-42(48)44(50)41(40-47)46-45(51)43(49)39-37-35-33-31-28-14-12-10-8-6-4-2/h12,14,21-22,25-26,30,32,41-44,47-50H,3-11,13,15-20,23-24,27-29,31,33-40H2,1-2H3,(H,46,51)/b14-12-,22-21+,26-25+,32-30+. The highest BCUT2D eigenvalue weighted by atomic mass is 16.3. The zero-order valence-corrected chi connectivity index (χ0v) is 33.3. The first-order valence-electron chi connectivity index (χ1n) is 21.5. The molecular weight excluding hydrogens is 634 g/mol. The zero-order valence-electron chi connectivity index (χ0n) is 33.3. The summed E-state index contributed by atoms with van der Waals surface area (Å²) >= 11 is 0. The molecule has 0 heterocycles. The van der Waals surface area contributed by atoms with Crippen LogP contribution >= 0.6 is 0 Å². The molecule has 4 unspecified atom stereocenters. The van der Waals surface area contributed by atoms with Crippen molar-refractivity contribution >= 4 is 5.91 Å². The third kappa shape index (κ3) is 33.8. The summed E-state index contributed by atoms with van der Waals surface area (Å²) < 4.78 is 0. The van der Waals surface area contributed by atoms with Crippen LogP contribution in [0, 0.1) is 0 Å². The van der Waals surface area contributed by atoms with Gasteiger partial charge < -0.3 is 25.7 Å². The van der Waals surface area contributed by atoms with E-state index in [0.29, 0.717) is 19.3 Å². The first-order chi connectivity index (χ1) is 25.0. The molecule has 0 saturated heterocycles. The molecular formula is C45H83NO5. The van der Waals surface area contributed by atoms with Crippen LogP contribution in [0.15, 0.2) is 48.6 Å². The fraction of sp³-hybridized carbons (Fsp3) is 0.800. The van der Waals surface area contributed by atoms with Gasteiger partial charge in [-0.3, -0.25) is 4.79 Å². The van der Waals surface area contributed by atoms with Crippen molar-refractivity contribution in [2.45, 2.75) is 224 Å². The average Bonchev–Trinajstić information content (AvgIpc) is 3.13.